The van der Waals surface area contributed by atoms with E-state index in [1.165, 1.54) is 38.2 Å². The Morgan fingerprint density at radius 2 is 1.63 bits per heavy atom. The van der Waals surface area contributed by atoms with Crippen molar-refractivity contribution in [1.29, 1.82) is 0 Å². The van der Waals surface area contributed by atoms with Crippen molar-refractivity contribution >= 4 is 11.8 Å². The zero-order chi connectivity index (χ0) is 19.2. The van der Waals surface area contributed by atoms with Crippen LogP contribution < -0.4 is 9.47 Å². The van der Waals surface area contributed by atoms with Crippen molar-refractivity contribution in [2.75, 3.05) is 20.8 Å². The molecule has 0 spiro atoms. The molecule has 0 aliphatic heterocycles. The van der Waals surface area contributed by atoms with Crippen LogP contribution in [0, 0.1) is 0 Å². The molecule has 2 aromatic carbocycles. The van der Waals surface area contributed by atoms with Gasteiger partial charge in [-0.3, -0.25) is 9.59 Å². The fourth-order valence-corrected chi connectivity index (χ4v) is 3.35. The number of esters is 1. The van der Waals surface area contributed by atoms with Gasteiger partial charge in [-0.15, -0.1) is 0 Å². The second-order valence-corrected chi connectivity index (χ2v) is 6.64. The number of rotatable bonds is 7. The molecule has 0 aromatic heterocycles. The molecule has 0 amide bonds. The number of aryl methyl sites for hydroxylation is 2. The first-order valence-electron chi connectivity index (χ1n) is 9.12. The van der Waals surface area contributed by atoms with Crippen LogP contribution >= 0.6 is 0 Å². The van der Waals surface area contributed by atoms with E-state index >= 15 is 0 Å². The lowest BCUT2D eigenvalue weighted by Crippen LogP contribution is -2.16. The van der Waals surface area contributed by atoms with Crippen LogP contribution in [0.5, 0.6) is 11.5 Å². The average Bonchev–Trinajstić information content (AvgIpc) is 2.71. The van der Waals surface area contributed by atoms with Crippen molar-refractivity contribution in [3.05, 3.63) is 58.7 Å². The number of ketones is 1. The average molecular weight is 368 g/mol. The summed E-state index contributed by atoms with van der Waals surface area (Å²) in [7, 11) is 3.03. The zero-order valence-corrected chi connectivity index (χ0v) is 15.7. The Morgan fingerprint density at radius 3 is 2.37 bits per heavy atom. The van der Waals surface area contributed by atoms with Crippen LogP contribution in [-0.2, 0) is 28.8 Å². The number of carbonyl (C=O) groups excluding carboxylic acids is 2. The molecule has 2 aromatic rings. The number of methoxy groups -OCH3 is 2. The van der Waals surface area contributed by atoms with E-state index in [0.29, 0.717) is 17.1 Å². The summed E-state index contributed by atoms with van der Waals surface area (Å²) in [6, 6.07) is 11.0. The third-order valence-corrected chi connectivity index (χ3v) is 4.83. The third-order valence-electron chi connectivity index (χ3n) is 4.83. The summed E-state index contributed by atoms with van der Waals surface area (Å²) in [5.74, 6) is 0.316. The van der Waals surface area contributed by atoms with E-state index in [1.807, 2.05) is 6.07 Å². The maximum Gasteiger partial charge on any atom is 0.310 e. The molecule has 142 valence electrons. The first kappa shape index (κ1) is 19.0. The lowest BCUT2D eigenvalue weighted by atomic mass is 9.90. The van der Waals surface area contributed by atoms with Crippen LogP contribution in [0.2, 0.25) is 0 Å². The van der Waals surface area contributed by atoms with E-state index in [0.717, 1.165) is 18.4 Å². The number of Topliss-reactive ketones (excluding diaryl/α,β-unsaturated/α-hetero) is 1. The molecule has 27 heavy (non-hydrogen) atoms. The summed E-state index contributed by atoms with van der Waals surface area (Å²) < 4.78 is 15.5. The molecular weight excluding hydrogens is 344 g/mol. The molecule has 5 nitrogen and oxygen atoms in total. The molecule has 0 radical (unpaired) electrons. The van der Waals surface area contributed by atoms with Crippen LogP contribution in [0.3, 0.4) is 0 Å². The maximum absolute atomic E-state index is 12.3. The van der Waals surface area contributed by atoms with Gasteiger partial charge in [0.15, 0.2) is 23.9 Å². The van der Waals surface area contributed by atoms with Crippen molar-refractivity contribution in [1.82, 2.24) is 0 Å². The van der Waals surface area contributed by atoms with Crippen molar-refractivity contribution in [3.63, 3.8) is 0 Å². The van der Waals surface area contributed by atoms with Gasteiger partial charge in [0.05, 0.1) is 20.6 Å². The molecular formula is C22H24O5. The zero-order valence-electron chi connectivity index (χ0n) is 15.7. The number of benzene rings is 2. The highest BCUT2D eigenvalue weighted by atomic mass is 16.5. The van der Waals surface area contributed by atoms with Gasteiger partial charge in [0.25, 0.3) is 0 Å². The van der Waals surface area contributed by atoms with Crippen LogP contribution in [0.1, 0.15) is 39.9 Å². The minimum absolute atomic E-state index is 0.173. The smallest absolute Gasteiger partial charge is 0.310 e. The van der Waals surface area contributed by atoms with Gasteiger partial charge in [0, 0.05) is 5.56 Å². The molecule has 0 atom stereocenters. The predicted molar refractivity (Wildman–Crippen MR) is 102 cm³/mol. The fourth-order valence-electron chi connectivity index (χ4n) is 3.35. The molecule has 5 heteroatoms. The molecule has 0 bridgehead atoms. The van der Waals surface area contributed by atoms with Crippen molar-refractivity contribution in [2.45, 2.75) is 32.1 Å². The maximum atomic E-state index is 12.3. The topological polar surface area (TPSA) is 61.8 Å². The summed E-state index contributed by atoms with van der Waals surface area (Å²) in [6.07, 6.45) is 4.77. The van der Waals surface area contributed by atoms with E-state index in [9.17, 15) is 9.59 Å². The molecule has 1 aliphatic rings. The molecule has 0 heterocycles. The summed E-state index contributed by atoms with van der Waals surface area (Å²) in [5.41, 5.74) is 4.04. The second-order valence-electron chi connectivity index (χ2n) is 6.64. The molecule has 1 aliphatic carbocycles. The van der Waals surface area contributed by atoms with Gasteiger partial charge in [-0.25, -0.2) is 0 Å². The third kappa shape index (κ3) is 4.67. The van der Waals surface area contributed by atoms with Gasteiger partial charge < -0.3 is 14.2 Å². The van der Waals surface area contributed by atoms with Crippen molar-refractivity contribution in [2.24, 2.45) is 0 Å². The van der Waals surface area contributed by atoms with Gasteiger partial charge in [-0.05, 0) is 60.6 Å². The Kier molecular flexibility index (Phi) is 6.12. The highest BCUT2D eigenvalue weighted by Gasteiger charge is 2.15. The molecule has 0 unspecified atom stereocenters. The molecule has 0 saturated heterocycles. The number of hydrogen-bond acceptors (Lipinski definition) is 5. The fraction of sp³-hybridized carbons (Fsp3) is 0.364. The summed E-state index contributed by atoms with van der Waals surface area (Å²) in [4.78, 5) is 24.4. The Hall–Kier alpha value is -2.82. The lowest BCUT2D eigenvalue weighted by molar-refractivity contribution is -0.141. The van der Waals surface area contributed by atoms with Gasteiger partial charge >= 0.3 is 5.97 Å². The molecule has 0 fully saturated rings. The monoisotopic (exact) mass is 368 g/mol. The normalized spacial score (nSPS) is 12.8. The first-order valence-corrected chi connectivity index (χ1v) is 9.12. The van der Waals surface area contributed by atoms with E-state index in [-0.39, 0.29) is 18.8 Å². The van der Waals surface area contributed by atoms with Gasteiger partial charge in [0.1, 0.15) is 0 Å². The second kappa shape index (κ2) is 8.71. The van der Waals surface area contributed by atoms with E-state index < -0.39 is 5.97 Å². The minimum Gasteiger partial charge on any atom is -0.493 e. The lowest BCUT2D eigenvalue weighted by Gasteiger charge is -2.16. The SMILES string of the molecule is COc1ccc(C(=O)COC(=O)Cc2ccc3c(c2)CCCC3)cc1OC. The number of fused-ring (bicyclic) bond motifs is 1. The standard InChI is InChI=1S/C22H24O5/c1-25-20-10-9-18(13-21(20)26-2)19(23)14-27-22(24)12-15-7-8-16-5-3-4-6-17(16)11-15/h7-11,13H,3-6,12,14H2,1-2H3. The quantitative estimate of drug-likeness (QED) is 0.552. The molecule has 0 N–H and O–H groups in total. The predicted octanol–water partition coefficient (Wildman–Crippen LogP) is 3.55. The molecule has 3 rings (SSSR count). The first-order chi connectivity index (χ1) is 13.1. The van der Waals surface area contributed by atoms with E-state index in [1.54, 1.807) is 18.2 Å². The Bertz CT molecular complexity index is 841. The van der Waals surface area contributed by atoms with Crippen molar-refractivity contribution < 1.29 is 23.8 Å². The van der Waals surface area contributed by atoms with Crippen LogP contribution in [0.15, 0.2) is 36.4 Å². The number of carbonyl (C=O) groups is 2. The van der Waals surface area contributed by atoms with Crippen LogP contribution in [-0.4, -0.2) is 32.6 Å². The highest BCUT2D eigenvalue weighted by Crippen LogP contribution is 2.27. The summed E-state index contributed by atoms with van der Waals surface area (Å²) in [5, 5.41) is 0. The van der Waals surface area contributed by atoms with Gasteiger partial charge in [-0.1, -0.05) is 18.2 Å². The van der Waals surface area contributed by atoms with Crippen molar-refractivity contribution in [3.8, 4) is 11.5 Å². The van der Waals surface area contributed by atoms with Crippen LogP contribution in [0.4, 0.5) is 0 Å². The number of hydrogen-bond donors (Lipinski definition) is 0. The van der Waals surface area contributed by atoms with Gasteiger partial charge in [0.2, 0.25) is 0 Å². The minimum atomic E-state index is -0.403. The summed E-state index contributed by atoms with van der Waals surface area (Å²) in [6.45, 7) is -0.292. The molecule has 0 saturated carbocycles. The van der Waals surface area contributed by atoms with Gasteiger partial charge in [-0.2, -0.15) is 0 Å². The Labute approximate surface area is 159 Å². The highest BCUT2D eigenvalue weighted by molar-refractivity contribution is 5.98. The van der Waals surface area contributed by atoms with E-state index in [4.69, 9.17) is 14.2 Å². The number of ether oxygens (including phenoxy) is 3. The Morgan fingerprint density at radius 1 is 0.889 bits per heavy atom. The van der Waals surface area contributed by atoms with E-state index in [2.05, 4.69) is 12.1 Å². The largest absolute Gasteiger partial charge is 0.493 e. The Balaban J connectivity index is 1.56. The van der Waals surface area contributed by atoms with Crippen LogP contribution in [0.25, 0.3) is 0 Å². The summed E-state index contributed by atoms with van der Waals surface area (Å²) >= 11 is 0.